The molecule has 0 saturated carbocycles. The van der Waals surface area contributed by atoms with Gasteiger partial charge in [-0.3, -0.25) is 24.0 Å². The van der Waals surface area contributed by atoms with Crippen LogP contribution >= 0.6 is 0 Å². The standard InChI is InChI=1S/C23H29FN6O4/c1-23(22(33)26-14-16-3-5-17(24)6-4-16)15-30-19(21(32)28(23)2)13-18(27-30)20(31)25-7-8-29-9-11-34-12-10-29/h3-6,13H,7-12,14-15H2,1-2H3,(H,25,31)(H,26,33)/t23-/m1/s1. The summed E-state index contributed by atoms with van der Waals surface area (Å²) in [6.07, 6.45) is 0. The summed E-state index contributed by atoms with van der Waals surface area (Å²) in [6.45, 7) is 6.14. The molecule has 1 saturated heterocycles. The zero-order chi connectivity index (χ0) is 24.3. The van der Waals surface area contributed by atoms with E-state index in [4.69, 9.17) is 4.74 Å². The number of ether oxygens (including phenoxy) is 1. The van der Waals surface area contributed by atoms with Crippen LogP contribution in [0.15, 0.2) is 30.3 Å². The van der Waals surface area contributed by atoms with Crippen LogP contribution in [0.25, 0.3) is 0 Å². The summed E-state index contributed by atoms with van der Waals surface area (Å²) in [4.78, 5) is 42.2. The van der Waals surface area contributed by atoms with E-state index in [9.17, 15) is 18.8 Å². The van der Waals surface area contributed by atoms with Crippen LogP contribution in [0.3, 0.4) is 0 Å². The van der Waals surface area contributed by atoms with Crippen LogP contribution in [-0.4, -0.2) is 89.3 Å². The van der Waals surface area contributed by atoms with Crippen LogP contribution in [0, 0.1) is 5.82 Å². The second-order valence-corrected chi connectivity index (χ2v) is 8.73. The maximum Gasteiger partial charge on any atom is 0.272 e. The molecule has 10 nitrogen and oxygen atoms in total. The van der Waals surface area contributed by atoms with E-state index in [0.29, 0.717) is 26.3 Å². The van der Waals surface area contributed by atoms with Crippen molar-refractivity contribution in [2.45, 2.75) is 25.6 Å². The van der Waals surface area contributed by atoms with Crippen molar-refractivity contribution >= 4 is 17.7 Å². The van der Waals surface area contributed by atoms with Crippen LogP contribution in [0.1, 0.15) is 33.5 Å². The molecular formula is C23H29FN6O4. The van der Waals surface area contributed by atoms with Gasteiger partial charge in [-0.2, -0.15) is 5.10 Å². The molecule has 182 valence electrons. The number of hydrogen-bond donors (Lipinski definition) is 2. The van der Waals surface area contributed by atoms with Gasteiger partial charge in [-0.25, -0.2) is 4.39 Å². The molecule has 2 aliphatic heterocycles. The molecule has 0 unspecified atom stereocenters. The van der Waals surface area contributed by atoms with E-state index in [2.05, 4.69) is 20.6 Å². The molecule has 3 amide bonds. The van der Waals surface area contributed by atoms with Gasteiger partial charge in [0.1, 0.15) is 17.1 Å². The molecule has 34 heavy (non-hydrogen) atoms. The van der Waals surface area contributed by atoms with Gasteiger partial charge in [-0.05, 0) is 24.6 Å². The first kappa shape index (κ1) is 23.8. The molecule has 0 spiro atoms. The predicted octanol–water partition coefficient (Wildman–Crippen LogP) is 0.245. The minimum Gasteiger partial charge on any atom is -0.379 e. The number of likely N-dealkylation sites (N-methyl/N-ethyl adjacent to an activating group) is 1. The number of fused-ring (bicyclic) bond motifs is 1. The monoisotopic (exact) mass is 472 g/mol. The highest BCUT2D eigenvalue weighted by molar-refractivity contribution is 6.01. The van der Waals surface area contributed by atoms with Gasteiger partial charge in [0.05, 0.1) is 19.8 Å². The Hall–Kier alpha value is -3.31. The lowest BCUT2D eigenvalue weighted by molar-refractivity contribution is -0.132. The molecule has 1 fully saturated rings. The Labute approximate surface area is 197 Å². The lowest BCUT2D eigenvalue weighted by atomic mass is 9.96. The summed E-state index contributed by atoms with van der Waals surface area (Å²) < 4.78 is 19.8. The number of amides is 3. The van der Waals surface area contributed by atoms with Gasteiger partial charge >= 0.3 is 0 Å². The summed E-state index contributed by atoms with van der Waals surface area (Å²) in [5.74, 6) is -1.49. The van der Waals surface area contributed by atoms with E-state index in [0.717, 1.165) is 18.7 Å². The maximum absolute atomic E-state index is 13.1. The van der Waals surface area contributed by atoms with Crippen LogP contribution in [-0.2, 0) is 22.6 Å². The van der Waals surface area contributed by atoms with Crippen LogP contribution in [0.5, 0.6) is 0 Å². The topological polar surface area (TPSA) is 109 Å². The average molecular weight is 473 g/mol. The second kappa shape index (κ2) is 9.90. The van der Waals surface area contributed by atoms with Crippen LogP contribution in [0.2, 0.25) is 0 Å². The normalized spacial score (nSPS) is 20.7. The van der Waals surface area contributed by atoms with E-state index in [1.807, 2.05) is 0 Å². The molecule has 4 rings (SSSR count). The van der Waals surface area contributed by atoms with Crippen LogP contribution in [0.4, 0.5) is 4.39 Å². The number of hydrogen-bond acceptors (Lipinski definition) is 6. The van der Waals surface area contributed by atoms with Gasteiger partial charge < -0.3 is 20.3 Å². The summed E-state index contributed by atoms with van der Waals surface area (Å²) >= 11 is 0. The number of morpholine rings is 1. The zero-order valence-electron chi connectivity index (χ0n) is 19.3. The first-order chi connectivity index (χ1) is 16.3. The smallest absolute Gasteiger partial charge is 0.272 e. The van der Waals surface area contributed by atoms with Crippen LogP contribution < -0.4 is 10.6 Å². The summed E-state index contributed by atoms with van der Waals surface area (Å²) in [7, 11) is 1.55. The summed E-state index contributed by atoms with van der Waals surface area (Å²) in [6, 6.07) is 7.28. The Balaban J connectivity index is 1.39. The third-order valence-electron chi connectivity index (χ3n) is 6.41. The van der Waals surface area contributed by atoms with E-state index in [1.54, 1.807) is 26.1 Å². The van der Waals surface area contributed by atoms with Gasteiger partial charge in [0.15, 0.2) is 5.69 Å². The fraction of sp³-hybridized carbons (Fsp3) is 0.478. The highest BCUT2D eigenvalue weighted by Gasteiger charge is 2.46. The van der Waals surface area contributed by atoms with E-state index in [-0.39, 0.29) is 42.1 Å². The van der Waals surface area contributed by atoms with Crippen molar-refractivity contribution < 1.29 is 23.5 Å². The Morgan fingerprint density at radius 1 is 1.18 bits per heavy atom. The summed E-state index contributed by atoms with van der Waals surface area (Å²) in [5, 5.41) is 9.96. The third kappa shape index (κ3) is 4.95. The van der Waals surface area contributed by atoms with Crippen molar-refractivity contribution in [2.24, 2.45) is 0 Å². The Bertz CT molecular complexity index is 1070. The fourth-order valence-electron chi connectivity index (χ4n) is 4.06. The molecular weight excluding hydrogens is 443 g/mol. The number of halogens is 1. The number of benzene rings is 1. The fourth-order valence-corrected chi connectivity index (χ4v) is 4.06. The number of carbonyl (C=O) groups excluding carboxylic acids is 3. The first-order valence-electron chi connectivity index (χ1n) is 11.2. The Kier molecular flexibility index (Phi) is 6.94. The predicted molar refractivity (Wildman–Crippen MR) is 121 cm³/mol. The molecule has 1 aromatic carbocycles. The molecule has 0 aliphatic carbocycles. The SMILES string of the molecule is CN1C(=O)c2cc(C(=O)NCCN3CCOCC3)nn2C[C@]1(C)C(=O)NCc1ccc(F)cc1. The number of aromatic nitrogens is 2. The van der Waals surface area contributed by atoms with Gasteiger partial charge in [0.2, 0.25) is 5.91 Å². The minimum atomic E-state index is -1.21. The molecule has 1 atom stereocenters. The molecule has 2 aromatic rings. The van der Waals surface area contributed by atoms with Crippen molar-refractivity contribution in [1.29, 1.82) is 0 Å². The van der Waals surface area contributed by atoms with E-state index in [1.165, 1.54) is 27.8 Å². The largest absolute Gasteiger partial charge is 0.379 e. The van der Waals surface area contributed by atoms with Crippen molar-refractivity contribution in [3.8, 4) is 0 Å². The highest BCUT2D eigenvalue weighted by atomic mass is 19.1. The van der Waals surface area contributed by atoms with Crippen molar-refractivity contribution in [2.75, 3.05) is 46.4 Å². The molecule has 0 bridgehead atoms. The number of rotatable bonds is 7. The Morgan fingerprint density at radius 3 is 2.59 bits per heavy atom. The number of carbonyl (C=O) groups is 3. The lowest BCUT2D eigenvalue weighted by Gasteiger charge is -2.40. The minimum absolute atomic E-state index is 0.0981. The molecule has 3 heterocycles. The van der Waals surface area contributed by atoms with E-state index >= 15 is 0 Å². The van der Waals surface area contributed by atoms with Crippen molar-refractivity contribution in [1.82, 2.24) is 30.2 Å². The number of nitrogens with zero attached hydrogens (tertiary/aromatic N) is 4. The third-order valence-corrected chi connectivity index (χ3v) is 6.41. The van der Waals surface area contributed by atoms with Crippen molar-refractivity contribution in [3.05, 3.63) is 53.1 Å². The second-order valence-electron chi connectivity index (χ2n) is 8.73. The molecule has 2 N–H and O–H groups in total. The van der Waals surface area contributed by atoms with Gasteiger partial charge in [-0.15, -0.1) is 0 Å². The molecule has 11 heteroatoms. The van der Waals surface area contributed by atoms with Gasteiger partial charge in [-0.1, -0.05) is 12.1 Å². The van der Waals surface area contributed by atoms with Gasteiger partial charge in [0, 0.05) is 45.8 Å². The average Bonchev–Trinajstić information content (AvgIpc) is 3.26. The first-order valence-corrected chi connectivity index (χ1v) is 11.2. The van der Waals surface area contributed by atoms with Crippen molar-refractivity contribution in [3.63, 3.8) is 0 Å². The zero-order valence-corrected chi connectivity index (χ0v) is 19.3. The van der Waals surface area contributed by atoms with E-state index < -0.39 is 11.4 Å². The Morgan fingerprint density at radius 2 is 1.88 bits per heavy atom. The maximum atomic E-state index is 13.1. The highest BCUT2D eigenvalue weighted by Crippen LogP contribution is 2.26. The molecule has 1 aromatic heterocycles. The van der Waals surface area contributed by atoms with Gasteiger partial charge in [0.25, 0.3) is 11.8 Å². The quantitative estimate of drug-likeness (QED) is 0.598. The molecule has 0 radical (unpaired) electrons. The lowest BCUT2D eigenvalue weighted by Crippen LogP contribution is -2.62. The number of nitrogens with one attached hydrogen (secondary N) is 2. The summed E-state index contributed by atoms with van der Waals surface area (Å²) in [5.41, 5.74) is -0.0847. The molecule has 2 aliphatic rings.